The Kier molecular flexibility index (Phi) is 4.01. The van der Waals surface area contributed by atoms with Crippen molar-refractivity contribution >= 4 is 44.8 Å². The summed E-state index contributed by atoms with van der Waals surface area (Å²) < 4.78 is 13.5. The molecule has 0 saturated heterocycles. The second-order valence-corrected chi connectivity index (χ2v) is 4.92. The number of nitrogens with two attached hydrogens (primary N) is 1. The van der Waals surface area contributed by atoms with Crippen LogP contribution in [0.1, 0.15) is 10.4 Å². The number of carbonyl (C=O) groups is 1. The molecule has 3 N–H and O–H groups in total. The minimum atomic E-state index is -0.595. The molecule has 0 bridgehead atoms. The van der Waals surface area contributed by atoms with Gasteiger partial charge in [-0.3, -0.25) is 9.78 Å². The quantitative estimate of drug-likeness (QED) is 0.820. The molecule has 19 heavy (non-hydrogen) atoms. The van der Waals surface area contributed by atoms with E-state index >= 15 is 0 Å². The maximum Gasteiger partial charge on any atom is 0.256 e. The molecule has 0 aliphatic heterocycles. The summed E-state index contributed by atoms with van der Waals surface area (Å²) in [4.78, 5) is 15.9. The van der Waals surface area contributed by atoms with Gasteiger partial charge in [0.05, 0.1) is 28.2 Å². The number of amides is 1. The summed E-state index contributed by atoms with van der Waals surface area (Å²) in [5.41, 5.74) is 5.90. The molecule has 0 aliphatic rings. The summed E-state index contributed by atoms with van der Waals surface area (Å²) in [6, 6.07) is 3.93. The van der Waals surface area contributed by atoms with Gasteiger partial charge >= 0.3 is 0 Å². The van der Waals surface area contributed by atoms with Crippen LogP contribution in [0.15, 0.2) is 35.1 Å². The number of rotatable bonds is 2. The average Bonchev–Trinajstić information content (AvgIpc) is 2.36. The van der Waals surface area contributed by atoms with Crippen LogP contribution in [0.2, 0.25) is 5.02 Å². The van der Waals surface area contributed by atoms with Gasteiger partial charge in [0, 0.05) is 10.7 Å². The molecule has 0 radical (unpaired) electrons. The molecule has 7 heteroatoms. The smallest absolute Gasteiger partial charge is 0.256 e. The van der Waals surface area contributed by atoms with Crippen molar-refractivity contribution in [3.8, 4) is 0 Å². The van der Waals surface area contributed by atoms with E-state index in [1.807, 2.05) is 0 Å². The van der Waals surface area contributed by atoms with Crippen LogP contribution in [0, 0.1) is 5.82 Å². The van der Waals surface area contributed by atoms with Gasteiger partial charge < -0.3 is 11.1 Å². The number of benzene rings is 1. The van der Waals surface area contributed by atoms with Crippen molar-refractivity contribution in [3.63, 3.8) is 0 Å². The third-order valence-electron chi connectivity index (χ3n) is 2.35. The van der Waals surface area contributed by atoms with E-state index in [0.717, 1.165) is 6.07 Å². The van der Waals surface area contributed by atoms with Crippen LogP contribution in [0.4, 0.5) is 15.8 Å². The van der Waals surface area contributed by atoms with Crippen molar-refractivity contribution in [2.75, 3.05) is 11.1 Å². The third-order valence-corrected chi connectivity index (χ3v) is 3.33. The zero-order chi connectivity index (χ0) is 14.0. The topological polar surface area (TPSA) is 68.0 Å². The Balaban J connectivity index is 2.31. The maximum absolute atomic E-state index is 13.2. The molecule has 0 aliphatic carbocycles. The van der Waals surface area contributed by atoms with Gasteiger partial charge in [0.1, 0.15) is 5.82 Å². The lowest BCUT2D eigenvalue weighted by Gasteiger charge is -2.09. The largest absolute Gasteiger partial charge is 0.396 e. The number of aromatic nitrogens is 1. The lowest BCUT2D eigenvalue weighted by molar-refractivity contribution is 0.102. The molecule has 2 aromatic rings. The van der Waals surface area contributed by atoms with E-state index in [4.69, 9.17) is 17.3 Å². The maximum atomic E-state index is 13.2. The highest BCUT2D eigenvalue weighted by Gasteiger charge is 2.14. The first-order valence-electron chi connectivity index (χ1n) is 5.14. The lowest BCUT2D eigenvalue weighted by atomic mass is 10.2. The summed E-state index contributed by atoms with van der Waals surface area (Å²) in [5, 5.41) is 2.93. The van der Waals surface area contributed by atoms with E-state index in [1.165, 1.54) is 18.5 Å². The van der Waals surface area contributed by atoms with Crippen molar-refractivity contribution in [2.45, 2.75) is 0 Å². The second-order valence-electron chi connectivity index (χ2n) is 3.66. The van der Waals surface area contributed by atoms with Crippen molar-refractivity contribution in [3.05, 3.63) is 51.5 Å². The molecule has 0 spiro atoms. The fourth-order valence-corrected chi connectivity index (χ4v) is 2.05. The van der Waals surface area contributed by atoms with E-state index in [9.17, 15) is 9.18 Å². The average molecular weight is 345 g/mol. The predicted octanol–water partition coefficient (Wildman–Crippen LogP) is 3.47. The predicted molar refractivity (Wildman–Crippen MR) is 75.7 cm³/mol. The zero-order valence-electron chi connectivity index (χ0n) is 9.45. The molecule has 1 aromatic carbocycles. The lowest BCUT2D eigenvalue weighted by Crippen LogP contribution is -2.14. The number of pyridine rings is 1. The van der Waals surface area contributed by atoms with E-state index in [1.54, 1.807) is 6.07 Å². The second kappa shape index (κ2) is 5.54. The summed E-state index contributed by atoms with van der Waals surface area (Å²) >= 11 is 9.01. The Hall–Kier alpha value is -1.66. The van der Waals surface area contributed by atoms with E-state index in [2.05, 4.69) is 26.2 Å². The van der Waals surface area contributed by atoms with Gasteiger partial charge in [-0.25, -0.2) is 4.39 Å². The fraction of sp³-hybridized carbons (Fsp3) is 0. The zero-order valence-corrected chi connectivity index (χ0v) is 11.8. The Morgan fingerprint density at radius 3 is 2.89 bits per heavy atom. The van der Waals surface area contributed by atoms with Gasteiger partial charge in [-0.1, -0.05) is 11.6 Å². The molecular formula is C12H8BrClFN3O. The van der Waals surface area contributed by atoms with Crippen LogP contribution in [-0.4, -0.2) is 10.9 Å². The van der Waals surface area contributed by atoms with Crippen molar-refractivity contribution in [1.29, 1.82) is 0 Å². The first-order valence-corrected chi connectivity index (χ1v) is 6.31. The molecule has 1 amide bonds. The highest BCUT2D eigenvalue weighted by molar-refractivity contribution is 9.10. The van der Waals surface area contributed by atoms with Crippen molar-refractivity contribution < 1.29 is 9.18 Å². The summed E-state index contributed by atoms with van der Waals surface area (Å²) in [6.07, 6.45) is 2.92. The monoisotopic (exact) mass is 343 g/mol. The molecule has 1 heterocycles. The number of nitrogens with zero attached hydrogens (tertiary/aromatic N) is 1. The highest BCUT2D eigenvalue weighted by atomic mass is 79.9. The van der Waals surface area contributed by atoms with E-state index in [0.29, 0.717) is 15.2 Å². The molecule has 0 atom stereocenters. The molecule has 0 fully saturated rings. The van der Waals surface area contributed by atoms with E-state index in [-0.39, 0.29) is 11.3 Å². The fourth-order valence-electron chi connectivity index (χ4n) is 1.40. The first kappa shape index (κ1) is 13.8. The standard InChI is InChI=1S/C12H8BrClFN3O/c13-7-4-9(15)10(16)3-6(7)12(19)18-11-5-17-2-1-8(11)14/h1-5H,16H2,(H,18,19). The molecule has 4 nitrogen and oxygen atoms in total. The summed E-state index contributed by atoms with van der Waals surface area (Å²) in [6.45, 7) is 0. The SMILES string of the molecule is Nc1cc(C(=O)Nc2cnccc2Cl)c(Br)cc1F. The van der Waals surface area contributed by atoms with Crippen LogP contribution in [-0.2, 0) is 0 Å². The summed E-state index contributed by atoms with van der Waals surface area (Å²) in [7, 11) is 0. The summed E-state index contributed by atoms with van der Waals surface area (Å²) in [5.74, 6) is -1.06. The van der Waals surface area contributed by atoms with Crippen LogP contribution in [0.25, 0.3) is 0 Å². The molecule has 0 unspecified atom stereocenters. The van der Waals surface area contributed by atoms with Crippen LogP contribution in [0.3, 0.4) is 0 Å². The van der Waals surface area contributed by atoms with Gasteiger partial charge in [-0.15, -0.1) is 0 Å². The normalized spacial score (nSPS) is 10.3. The number of anilines is 2. The van der Waals surface area contributed by atoms with Gasteiger partial charge in [0.15, 0.2) is 0 Å². The van der Waals surface area contributed by atoms with E-state index < -0.39 is 11.7 Å². The Bertz CT molecular complexity index is 651. The number of nitrogen functional groups attached to an aromatic ring is 1. The Labute approximate surface area is 121 Å². The molecule has 98 valence electrons. The van der Waals surface area contributed by atoms with Gasteiger partial charge in [-0.2, -0.15) is 0 Å². The van der Waals surface area contributed by atoms with Gasteiger partial charge in [0.25, 0.3) is 5.91 Å². The molecular weight excluding hydrogens is 337 g/mol. The molecule has 1 aromatic heterocycles. The number of halogens is 3. The number of nitrogens with one attached hydrogen (secondary N) is 1. The van der Waals surface area contributed by atoms with Crippen LogP contribution < -0.4 is 11.1 Å². The van der Waals surface area contributed by atoms with Crippen molar-refractivity contribution in [2.24, 2.45) is 0 Å². The van der Waals surface area contributed by atoms with Gasteiger partial charge in [0.2, 0.25) is 0 Å². The number of carbonyl (C=O) groups excluding carboxylic acids is 1. The molecule has 0 saturated carbocycles. The van der Waals surface area contributed by atoms with Crippen LogP contribution >= 0.6 is 27.5 Å². The minimum Gasteiger partial charge on any atom is -0.396 e. The first-order chi connectivity index (χ1) is 8.99. The Morgan fingerprint density at radius 2 is 2.21 bits per heavy atom. The Morgan fingerprint density at radius 1 is 1.47 bits per heavy atom. The van der Waals surface area contributed by atoms with Gasteiger partial charge in [-0.05, 0) is 34.1 Å². The minimum absolute atomic E-state index is 0.106. The van der Waals surface area contributed by atoms with Crippen molar-refractivity contribution in [1.82, 2.24) is 4.98 Å². The third kappa shape index (κ3) is 3.02. The number of hydrogen-bond donors (Lipinski definition) is 2. The highest BCUT2D eigenvalue weighted by Crippen LogP contribution is 2.25. The van der Waals surface area contributed by atoms with Crippen LogP contribution in [0.5, 0.6) is 0 Å². The molecule has 2 rings (SSSR count). The number of hydrogen-bond acceptors (Lipinski definition) is 3.